The van der Waals surface area contributed by atoms with Crippen LogP contribution in [-0.4, -0.2) is 73.9 Å². The molecule has 1 unspecified atom stereocenters. The number of aromatic nitrogens is 5. The van der Waals surface area contributed by atoms with Gasteiger partial charge < -0.3 is 19.7 Å². The number of tetrazole rings is 1. The summed E-state index contributed by atoms with van der Waals surface area (Å²) in [5.41, 5.74) is 3.57. The van der Waals surface area contributed by atoms with E-state index in [1.54, 1.807) is 20.2 Å². The van der Waals surface area contributed by atoms with Gasteiger partial charge in [-0.15, -0.1) is 10.2 Å². The number of likely N-dealkylation sites (N-methyl/N-ethyl adjacent to an activating group) is 1. The smallest absolute Gasteiger partial charge is 0.408 e. The van der Waals surface area contributed by atoms with Crippen LogP contribution in [-0.2, 0) is 11.8 Å². The van der Waals surface area contributed by atoms with Crippen LogP contribution in [0.4, 0.5) is 0 Å². The molecule has 1 fully saturated rings. The van der Waals surface area contributed by atoms with Gasteiger partial charge >= 0.3 is 5.76 Å². The molecule has 11 nitrogen and oxygen atoms in total. The van der Waals surface area contributed by atoms with E-state index in [0.717, 1.165) is 23.2 Å². The predicted molar refractivity (Wildman–Crippen MR) is 128 cm³/mol. The first-order valence-corrected chi connectivity index (χ1v) is 11.5. The average molecular weight is 478 g/mol. The molecule has 5 rings (SSSR count). The van der Waals surface area contributed by atoms with Gasteiger partial charge in [-0.1, -0.05) is 24.3 Å². The molecule has 0 aliphatic carbocycles. The Morgan fingerprint density at radius 2 is 2.14 bits per heavy atom. The lowest BCUT2D eigenvalue weighted by Gasteiger charge is -2.31. The molecule has 2 aromatic carbocycles. The van der Waals surface area contributed by atoms with Crippen molar-refractivity contribution in [3.63, 3.8) is 0 Å². The van der Waals surface area contributed by atoms with Crippen molar-refractivity contribution in [2.75, 3.05) is 26.7 Å². The number of fused-ring (bicyclic) bond motifs is 1. The van der Waals surface area contributed by atoms with Crippen LogP contribution in [0.1, 0.15) is 29.4 Å². The van der Waals surface area contributed by atoms with Gasteiger partial charge in [0.15, 0.2) is 5.58 Å². The van der Waals surface area contributed by atoms with Crippen molar-refractivity contribution in [2.24, 2.45) is 7.05 Å². The van der Waals surface area contributed by atoms with Crippen molar-refractivity contribution in [2.45, 2.75) is 24.4 Å². The summed E-state index contributed by atoms with van der Waals surface area (Å²) in [4.78, 5) is 27.6. The number of nitrogens with zero attached hydrogens (tertiary/aromatic N) is 5. The lowest BCUT2D eigenvalue weighted by molar-refractivity contribution is -0.122. The molecule has 1 amide bonds. The molecule has 11 heteroatoms. The highest BCUT2D eigenvalue weighted by atomic mass is 16.4. The molecule has 3 heterocycles. The number of hydrogen-bond donors (Lipinski definition) is 3. The summed E-state index contributed by atoms with van der Waals surface area (Å²) >= 11 is 0. The van der Waals surface area contributed by atoms with Crippen molar-refractivity contribution in [1.29, 1.82) is 0 Å². The lowest BCUT2D eigenvalue weighted by Crippen LogP contribution is -2.36. The largest absolute Gasteiger partial charge is 0.419 e. The van der Waals surface area contributed by atoms with E-state index in [0.29, 0.717) is 36.4 Å². The highest BCUT2D eigenvalue weighted by Gasteiger charge is 2.34. The fourth-order valence-electron chi connectivity index (χ4n) is 4.91. The zero-order valence-electron chi connectivity index (χ0n) is 19.5. The molecule has 0 bridgehead atoms. The number of oxazole rings is 1. The van der Waals surface area contributed by atoms with Crippen LogP contribution >= 0.6 is 0 Å². The van der Waals surface area contributed by atoms with E-state index in [2.05, 4.69) is 30.8 Å². The highest BCUT2D eigenvalue weighted by molar-refractivity contribution is 5.86. The van der Waals surface area contributed by atoms with Gasteiger partial charge in [0.1, 0.15) is 0 Å². The summed E-state index contributed by atoms with van der Waals surface area (Å²) in [5, 5.41) is 27.2. The summed E-state index contributed by atoms with van der Waals surface area (Å²) in [6.07, 6.45) is 0.320. The molecular formula is C24H27N7O4. The maximum Gasteiger partial charge on any atom is 0.419 e. The van der Waals surface area contributed by atoms with Crippen LogP contribution in [0.15, 0.2) is 51.7 Å². The Labute approximate surface area is 200 Å². The fourth-order valence-corrected chi connectivity index (χ4v) is 4.91. The van der Waals surface area contributed by atoms with Gasteiger partial charge in [0.05, 0.1) is 17.5 Å². The Bertz CT molecular complexity index is 1390. The van der Waals surface area contributed by atoms with Crippen molar-refractivity contribution < 1.29 is 14.3 Å². The van der Waals surface area contributed by atoms with E-state index in [1.165, 1.54) is 4.57 Å². The van der Waals surface area contributed by atoms with Gasteiger partial charge in [0, 0.05) is 45.2 Å². The third-order valence-electron chi connectivity index (χ3n) is 6.73. The standard InChI is InChI=1S/C24H27N7O4/c1-25-23(33)21(15-6-7-20-19(11-15)30(2)24(34)35-20)18(13-31-9-8-17(32)12-31)14-4-3-5-16(10-14)22-26-28-29-27-22/h3-7,10-11,17-18,21,32H,8-9,12-13H2,1-2H3,(H,25,33)(H,26,27,28,29)/t17-,18+,21?/m0/s1. The van der Waals surface area contributed by atoms with Gasteiger partial charge in [-0.2, -0.15) is 5.21 Å². The minimum Gasteiger partial charge on any atom is -0.408 e. The lowest BCUT2D eigenvalue weighted by atomic mass is 9.79. The van der Waals surface area contributed by atoms with E-state index in [9.17, 15) is 14.7 Å². The monoisotopic (exact) mass is 477 g/mol. The molecule has 1 aliphatic rings. The quantitative estimate of drug-likeness (QED) is 0.358. The van der Waals surface area contributed by atoms with Crippen molar-refractivity contribution in [1.82, 2.24) is 35.4 Å². The number of β-amino-alcohol motifs (C(OH)–C–C–N with tert-alkyl or cyclic N) is 1. The Kier molecular flexibility index (Phi) is 6.18. The Hall–Kier alpha value is -3.83. The number of carbonyl (C=O) groups excluding carboxylic acids is 1. The number of carbonyl (C=O) groups is 1. The molecule has 182 valence electrons. The maximum atomic E-state index is 13.4. The van der Waals surface area contributed by atoms with Crippen molar-refractivity contribution in [3.05, 3.63) is 64.1 Å². The van der Waals surface area contributed by atoms with E-state index >= 15 is 0 Å². The predicted octanol–water partition coefficient (Wildman–Crippen LogP) is 0.992. The third-order valence-corrected chi connectivity index (χ3v) is 6.73. The second kappa shape index (κ2) is 9.43. The molecule has 1 aliphatic heterocycles. The molecule has 3 N–H and O–H groups in total. The number of hydrogen-bond acceptors (Lipinski definition) is 8. The van der Waals surface area contributed by atoms with Crippen LogP contribution < -0.4 is 11.1 Å². The molecule has 35 heavy (non-hydrogen) atoms. The number of amides is 1. The molecule has 1 saturated heterocycles. The van der Waals surface area contributed by atoms with Gasteiger partial charge in [-0.25, -0.2) is 4.79 Å². The zero-order chi connectivity index (χ0) is 24.5. The summed E-state index contributed by atoms with van der Waals surface area (Å²) in [5.74, 6) is -0.953. The van der Waals surface area contributed by atoms with Gasteiger partial charge in [-0.05, 0) is 41.0 Å². The second-order valence-electron chi connectivity index (χ2n) is 8.92. The van der Waals surface area contributed by atoms with E-state index in [-0.39, 0.29) is 17.9 Å². The molecule has 0 radical (unpaired) electrons. The first-order valence-electron chi connectivity index (χ1n) is 11.5. The number of benzene rings is 2. The Morgan fingerprint density at radius 3 is 2.86 bits per heavy atom. The minimum absolute atomic E-state index is 0.146. The molecule has 3 atom stereocenters. The van der Waals surface area contributed by atoms with Gasteiger partial charge in [0.2, 0.25) is 11.7 Å². The number of aromatic amines is 1. The van der Waals surface area contributed by atoms with Gasteiger partial charge in [-0.3, -0.25) is 9.36 Å². The maximum absolute atomic E-state index is 13.4. The molecular weight excluding hydrogens is 450 g/mol. The first kappa shape index (κ1) is 22.9. The number of nitrogens with one attached hydrogen (secondary N) is 2. The number of rotatable bonds is 7. The number of H-pyrrole nitrogens is 1. The summed E-state index contributed by atoms with van der Waals surface area (Å²) < 4.78 is 6.72. The molecule has 0 saturated carbocycles. The van der Waals surface area contributed by atoms with Crippen LogP contribution in [0.2, 0.25) is 0 Å². The Morgan fingerprint density at radius 1 is 1.29 bits per heavy atom. The summed E-state index contributed by atoms with van der Waals surface area (Å²) in [6, 6.07) is 13.2. The van der Waals surface area contributed by atoms with E-state index in [4.69, 9.17) is 4.42 Å². The summed E-state index contributed by atoms with van der Waals surface area (Å²) in [6.45, 7) is 1.86. The van der Waals surface area contributed by atoms with E-state index < -0.39 is 11.7 Å². The van der Waals surface area contributed by atoms with E-state index in [1.807, 2.05) is 36.4 Å². The SMILES string of the molecule is CNC(=O)C(c1ccc2oc(=O)n(C)c2c1)[C@H](CN1CC[C@H](O)C1)c1cccc(-c2nn[nH]n2)c1. The zero-order valence-corrected chi connectivity index (χ0v) is 19.5. The third kappa shape index (κ3) is 4.47. The van der Waals surface area contributed by atoms with Gasteiger partial charge in [0.25, 0.3) is 0 Å². The first-order chi connectivity index (χ1) is 16.9. The number of likely N-dealkylation sites (tertiary alicyclic amines) is 1. The molecule has 2 aromatic heterocycles. The number of aliphatic hydroxyl groups excluding tert-OH is 1. The van der Waals surface area contributed by atoms with Crippen LogP contribution in [0.3, 0.4) is 0 Å². The minimum atomic E-state index is -0.562. The highest BCUT2D eigenvalue weighted by Crippen LogP contribution is 2.37. The normalized spacial score (nSPS) is 18.1. The molecule has 4 aromatic rings. The average Bonchev–Trinajstić information content (AvgIpc) is 3.61. The van der Waals surface area contributed by atoms with Crippen LogP contribution in [0.25, 0.3) is 22.5 Å². The van der Waals surface area contributed by atoms with Crippen molar-refractivity contribution in [3.8, 4) is 11.4 Å². The van der Waals surface area contributed by atoms with Crippen molar-refractivity contribution >= 4 is 17.0 Å². The van der Waals surface area contributed by atoms with Crippen LogP contribution in [0.5, 0.6) is 0 Å². The van der Waals surface area contributed by atoms with Crippen LogP contribution in [0, 0.1) is 0 Å². The number of aryl methyl sites for hydroxylation is 1. The fraction of sp³-hybridized carbons (Fsp3) is 0.375. The molecule has 0 spiro atoms. The Balaban J connectivity index is 1.62. The number of aliphatic hydroxyl groups is 1. The second-order valence-corrected chi connectivity index (χ2v) is 8.92. The topological polar surface area (TPSA) is 142 Å². The summed E-state index contributed by atoms with van der Waals surface area (Å²) in [7, 11) is 3.26.